The zero-order chi connectivity index (χ0) is 23.3. The first-order valence-corrected chi connectivity index (χ1v) is 10.4. The third kappa shape index (κ3) is 5.43. The Bertz CT molecular complexity index is 1180. The van der Waals surface area contributed by atoms with Crippen molar-refractivity contribution < 1.29 is 14.3 Å². The number of carbonyl (C=O) groups excluding carboxylic acids is 2. The number of amides is 1. The summed E-state index contributed by atoms with van der Waals surface area (Å²) in [6, 6.07) is 19.3. The summed E-state index contributed by atoms with van der Waals surface area (Å²) >= 11 is 0. The van der Waals surface area contributed by atoms with Gasteiger partial charge in [0.05, 0.1) is 11.4 Å². The van der Waals surface area contributed by atoms with Crippen molar-refractivity contribution in [3.05, 3.63) is 77.8 Å². The van der Waals surface area contributed by atoms with E-state index in [1.165, 1.54) is 6.92 Å². The van der Waals surface area contributed by atoms with Crippen LogP contribution in [0.4, 0.5) is 5.69 Å². The number of para-hydroxylation sites is 2. The molecule has 0 aliphatic heterocycles. The van der Waals surface area contributed by atoms with E-state index in [0.717, 1.165) is 22.3 Å². The zero-order valence-electron chi connectivity index (χ0n) is 18.7. The monoisotopic (exact) mass is 432 g/mol. The summed E-state index contributed by atoms with van der Waals surface area (Å²) in [4.78, 5) is 25.2. The lowest BCUT2D eigenvalue weighted by Crippen LogP contribution is -2.38. The molecule has 0 spiro atoms. The Hall–Kier alpha value is -3.87. The van der Waals surface area contributed by atoms with E-state index < -0.39 is 18.0 Å². The van der Waals surface area contributed by atoms with Crippen LogP contribution in [0.15, 0.2) is 72.1 Å². The van der Waals surface area contributed by atoms with Crippen molar-refractivity contribution in [3.8, 4) is 0 Å². The quantitative estimate of drug-likeness (QED) is 0.364. The second-order valence-corrected chi connectivity index (χ2v) is 7.67. The molecular formula is C25H28N4O3. The van der Waals surface area contributed by atoms with Gasteiger partial charge in [-0.3, -0.25) is 9.59 Å². The fourth-order valence-corrected chi connectivity index (χ4v) is 3.47. The van der Waals surface area contributed by atoms with Crippen LogP contribution in [0.1, 0.15) is 26.5 Å². The number of fused-ring (bicyclic) bond motifs is 1. The molecule has 0 aliphatic carbocycles. The molecule has 2 aromatic carbocycles. The molecule has 32 heavy (non-hydrogen) atoms. The summed E-state index contributed by atoms with van der Waals surface area (Å²) in [5.41, 5.74) is 3.86. The van der Waals surface area contributed by atoms with Gasteiger partial charge in [0, 0.05) is 22.6 Å². The van der Waals surface area contributed by atoms with Gasteiger partial charge in [-0.15, -0.1) is 0 Å². The Morgan fingerprint density at radius 3 is 2.41 bits per heavy atom. The topological polar surface area (TPSA) is 96.2 Å². The summed E-state index contributed by atoms with van der Waals surface area (Å²) in [6.45, 7) is 6.82. The van der Waals surface area contributed by atoms with Crippen LogP contribution in [-0.4, -0.2) is 28.3 Å². The van der Waals surface area contributed by atoms with Crippen molar-refractivity contribution in [2.24, 2.45) is 0 Å². The number of rotatable bonds is 8. The predicted molar refractivity (Wildman–Crippen MR) is 127 cm³/mol. The molecule has 1 aromatic heterocycles. The second kappa shape index (κ2) is 9.96. The molecule has 7 heteroatoms. The molecule has 1 heterocycles. The second-order valence-electron chi connectivity index (χ2n) is 7.67. The predicted octanol–water partition coefficient (Wildman–Crippen LogP) is 4.38. The fourth-order valence-electron chi connectivity index (χ4n) is 3.47. The Balaban J connectivity index is 1.66. The van der Waals surface area contributed by atoms with Crippen LogP contribution in [0.2, 0.25) is 0 Å². The largest absolute Gasteiger partial charge is 0.451 e. The number of hydrogen-bond acceptors (Lipinski definition) is 5. The molecule has 1 unspecified atom stereocenters. The number of ether oxygens (including phenoxy) is 1. The molecule has 3 rings (SSSR count). The molecule has 0 saturated heterocycles. The number of hydrogen-bond donors (Lipinski definition) is 3. The van der Waals surface area contributed by atoms with E-state index in [9.17, 15) is 9.59 Å². The van der Waals surface area contributed by atoms with Crippen LogP contribution >= 0.6 is 0 Å². The standard InChI is InChI=1S/C25H28N4O3/c1-16-14-20-10-8-9-13-22(20)29(16)15-23(30)32-19(4)25(31)28-24(17(2)26)18(3)27-21-11-6-5-7-12-21/h5-14,19,26-27H,15H2,1-4H3,(H,28,31)/b24-18+,26-17?. The molecule has 0 bridgehead atoms. The molecule has 1 atom stereocenters. The molecule has 3 N–H and O–H groups in total. The van der Waals surface area contributed by atoms with Gasteiger partial charge in [-0.05, 0) is 57.3 Å². The summed E-state index contributed by atoms with van der Waals surface area (Å²) < 4.78 is 7.25. The number of carbonyl (C=O) groups is 2. The van der Waals surface area contributed by atoms with Gasteiger partial charge in [0.2, 0.25) is 0 Å². The van der Waals surface area contributed by atoms with Gasteiger partial charge < -0.3 is 25.3 Å². The van der Waals surface area contributed by atoms with Gasteiger partial charge in [0.1, 0.15) is 6.54 Å². The number of benzene rings is 2. The molecule has 1 amide bonds. The minimum Gasteiger partial charge on any atom is -0.451 e. The summed E-state index contributed by atoms with van der Waals surface area (Å²) in [6.07, 6.45) is -1.01. The highest BCUT2D eigenvalue weighted by atomic mass is 16.5. The molecule has 0 saturated carbocycles. The Morgan fingerprint density at radius 2 is 1.72 bits per heavy atom. The molecule has 166 valence electrons. The first kappa shape index (κ1) is 22.8. The van der Waals surface area contributed by atoms with Crippen molar-refractivity contribution in [1.29, 1.82) is 5.41 Å². The lowest BCUT2D eigenvalue weighted by Gasteiger charge is -2.18. The molecule has 0 radical (unpaired) electrons. The van der Waals surface area contributed by atoms with Gasteiger partial charge in [0.25, 0.3) is 5.91 Å². The number of nitrogens with one attached hydrogen (secondary N) is 3. The third-order valence-electron chi connectivity index (χ3n) is 5.09. The minimum absolute atomic E-state index is 0.0118. The van der Waals surface area contributed by atoms with Crippen LogP contribution in [0.5, 0.6) is 0 Å². The first-order chi connectivity index (χ1) is 15.3. The van der Waals surface area contributed by atoms with Crippen molar-refractivity contribution in [2.45, 2.75) is 40.3 Å². The molecule has 3 aromatic rings. The maximum atomic E-state index is 12.7. The van der Waals surface area contributed by atoms with Crippen molar-refractivity contribution in [1.82, 2.24) is 9.88 Å². The maximum absolute atomic E-state index is 12.7. The number of aryl methyl sites for hydroxylation is 1. The van der Waals surface area contributed by atoms with Crippen LogP contribution in [0, 0.1) is 12.3 Å². The maximum Gasteiger partial charge on any atom is 0.326 e. The van der Waals surface area contributed by atoms with Crippen LogP contribution in [0.3, 0.4) is 0 Å². The zero-order valence-corrected chi connectivity index (χ0v) is 18.7. The van der Waals surface area contributed by atoms with Crippen LogP contribution in [-0.2, 0) is 20.9 Å². The summed E-state index contributed by atoms with van der Waals surface area (Å²) in [5, 5.41) is 15.0. The van der Waals surface area contributed by atoms with Gasteiger partial charge in [-0.25, -0.2) is 0 Å². The van der Waals surface area contributed by atoms with Gasteiger partial charge in [-0.1, -0.05) is 36.4 Å². The smallest absolute Gasteiger partial charge is 0.326 e. The highest BCUT2D eigenvalue weighted by Gasteiger charge is 2.21. The number of anilines is 1. The van der Waals surface area contributed by atoms with Crippen molar-refractivity contribution in [3.63, 3.8) is 0 Å². The van der Waals surface area contributed by atoms with E-state index in [1.54, 1.807) is 13.8 Å². The fraction of sp³-hybridized carbons (Fsp3) is 0.240. The number of allylic oxidation sites excluding steroid dienone is 2. The number of aromatic nitrogens is 1. The summed E-state index contributed by atoms with van der Waals surface area (Å²) in [7, 11) is 0. The van der Waals surface area contributed by atoms with E-state index in [0.29, 0.717) is 11.4 Å². The molecule has 0 aliphatic rings. The highest BCUT2D eigenvalue weighted by Crippen LogP contribution is 2.19. The lowest BCUT2D eigenvalue weighted by atomic mass is 10.2. The Labute approximate surface area is 187 Å². The number of nitrogens with zero attached hydrogens (tertiary/aromatic N) is 1. The highest BCUT2D eigenvalue weighted by molar-refractivity contribution is 6.01. The van der Waals surface area contributed by atoms with Gasteiger partial charge in [-0.2, -0.15) is 0 Å². The minimum atomic E-state index is -1.01. The average Bonchev–Trinajstić information content (AvgIpc) is 3.07. The number of esters is 1. The Kier molecular flexibility index (Phi) is 7.10. The van der Waals surface area contributed by atoms with Crippen molar-refractivity contribution in [2.75, 3.05) is 5.32 Å². The molecule has 7 nitrogen and oxygen atoms in total. The van der Waals surface area contributed by atoms with E-state index in [-0.39, 0.29) is 12.3 Å². The van der Waals surface area contributed by atoms with Crippen LogP contribution in [0.25, 0.3) is 10.9 Å². The average molecular weight is 433 g/mol. The van der Waals surface area contributed by atoms with E-state index >= 15 is 0 Å². The van der Waals surface area contributed by atoms with Crippen LogP contribution < -0.4 is 10.6 Å². The summed E-state index contributed by atoms with van der Waals surface area (Å²) in [5.74, 6) is -1.00. The van der Waals surface area contributed by atoms with E-state index in [2.05, 4.69) is 10.6 Å². The Morgan fingerprint density at radius 1 is 1.06 bits per heavy atom. The SMILES string of the molecule is CC(=N)/C(NC(=O)C(C)OC(=O)Cn1c(C)cc2ccccc21)=C(/C)Nc1ccccc1. The lowest BCUT2D eigenvalue weighted by molar-refractivity contribution is -0.155. The third-order valence-corrected chi connectivity index (χ3v) is 5.09. The normalized spacial score (nSPS) is 12.6. The van der Waals surface area contributed by atoms with E-state index in [4.69, 9.17) is 10.1 Å². The molecular weight excluding hydrogens is 404 g/mol. The first-order valence-electron chi connectivity index (χ1n) is 10.4. The van der Waals surface area contributed by atoms with Gasteiger partial charge >= 0.3 is 5.97 Å². The molecule has 0 fully saturated rings. The van der Waals surface area contributed by atoms with Gasteiger partial charge in [0.15, 0.2) is 6.10 Å². The van der Waals surface area contributed by atoms with Crippen molar-refractivity contribution >= 4 is 34.2 Å². The van der Waals surface area contributed by atoms with E-state index in [1.807, 2.05) is 72.2 Å².